The standard InChI is InChI=1S/C20H26BrN5OS/c1-13(2)26-14(3)11-17(23-26)19(27)25(10-6-9-24(4)5)20-22-16-8-7-15(21)12-18(16)28-20/h7-8,11-13H,6,9-10H2,1-5H3. The summed E-state index contributed by atoms with van der Waals surface area (Å²) < 4.78 is 3.95. The molecule has 0 saturated carbocycles. The minimum atomic E-state index is -0.0978. The molecule has 0 bridgehead atoms. The summed E-state index contributed by atoms with van der Waals surface area (Å²) in [4.78, 5) is 22.0. The van der Waals surface area contributed by atoms with Crippen molar-refractivity contribution in [3.8, 4) is 0 Å². The van der Waals surface area contributed by atoms with E-state index in [-0.39, 0.29) is 11.9 Å². The number of aryl methyl sites for hydroxylation is 1. The molecule has 6 nitrogen and oxygen atoms in total. The molecule has 3 rings (SSSR count). The number of thiazole rings is 1. The second-order valence-corrected chi connectivity index (χ2v) is 9.36. The summed E-state index contributed by atoms with van der Waals surface area (Å²) in [6, 6.07) is 8.06. The fourth-order valence-corrected chi connectivity index (χ4v) is 4.63. The molecule has 150 valence electrons. The number of nitrogens with zero attached hydrogens (tertiary/aromatic N) is 5. The van der Waals surface area contributed by atoms with Gasteiger partial charge in [0.2, 0.25) is 0 Å². The highest BCUT2D eigenvalue weighted by molar-refractivity contribution is 9.10. The summed E-state index contributed by atoms with van der Waals surface area (Å²) in [5.41, 5.74) is 2.36. The van der Waals surface area contributed by atoms with E-state index in [2.05, 4.69) is 39.8 Å². The van der Waals surface area contributed by atoms with Crippen LogP contribution in [0.4, 0.5) is 5.13 Å². The van der Waals surface area contributed by atoms with E-state index >= 15 is 0 Å². The molecular weight excluding hydrogens is 438 g/mol. The van der Waals surface area contributed by atoms with Crippen LogP contribution < -0.4 is 4.90 Å². The summed E-state index contributed by atoms with van der Waals surface area (Å²) >= 11 is 5.04. The first-order chi connectivity index (χ1) is 13.3. The molecule has 0 N–H and O–H groups in total. The number of anilines is 1. The number of carbonyl (C=O) groups is 1. The quantitative estimate of drug-likeness (QED) is 0.507. The van der Waals surface area contributed by atoms with Crippen molar-refractivity contribution in [3.63, 3.8) is 0 Å². The Balaban J connectivity index is 1.95. The number of hydrogen-bond acceptors (Lipinski definition) is 5. The summed E-state index contributed by atoms with van der Waals surface area (Å²) in [5, 5.41) is 5.27. The summed E-state index contributed by atoms with van der Waals surface area (Å²) in [7, 11) is 4.07. The molecule has 0 fully saturated rings. The molecule has 1 amide bonds. The Morgan fingerprint density at radius 1 is 1.25 bits per heavy atom. The molecule has 0 unspecified atom stereocenters. The third kappa shape index (κ3) is 4.61. The Bertz CT molecular complexity index is 978. The molecule has 0 aliphatic rings. The summed E-state index contributed by atoms with van der Waals surface area (Å²) in [6.07, 6.45) is 0.863. The molecule has 2 aromatic heterocycles. The van der Waals surface area contributed by atoms with Gasteiger partial charge >= 0.3 is 0 Å². The average Bonchev–Trinajstić information content (AvgIpc) is 3.21. The van der Waals surface area contributed by atoms with Crippen molar-refractivity contribution in [2.24, 2.45) is 0 Å². The topological polar surface area (TPSA) is 54.3 Å². The molecule has 8 heteroatoms. The van der Waals surface area contributed by atoms with Crippen molar-refractivity contribution < 1.29 is 4.79 Å². The monoisotopic (exact) mass is 463 g/mol. The predicted molar refractivity (Wildman–Crippen MR) is 120 cm³/mol. The molecule has 0 atom stereocenters. The van der Waals surface area contributed by atoms with Gasteiger partial charge in [0.15, 0.2) is 10.8 Å². The van der Waals surface area contributed by atoms with Crippen LogP contribution >= 0.6 is 27.3 Å². The van der Waals surface area contributed by atoms with Crippen LogP contribution in [-0.4, -0.2) is 52.8 Å². The van der Waals surface area contributed by atoms with Crippen LogP contribution in [0.25, 0.3) is 10.2 Å². The molecule has 0 aliphatic heterocycles. The second kappa shape index (κ2) is 8.71. The molecule has 0 saturated heterocycles. The fourth-order valence-electron chi connectivity index (χ4n) is 3.08. The summed E-state index contributed by atoms with van der Waals surface area (Å²) in [6.45, 7) is 7.61. The fraction of sp³-hybridized carbons (Fsp3) is 0.450. The van der Waals surface area contributed by atoms with Crippen LogP contribution in [0.1, 0.15) is 42.5 Å². The third-order valence-electron chi connectivity index (χ3n) is 4.43. The number of fused-ring (bicyclic) bond motifs is 1. The highest BCUT2D eigenvalue weighted by Crippen LogP contribution is 2.31. The zero-order chi connectivity index (χ0) is 20.4. The van der Waals surface area contributed by atoms with Crippen LogP contribution in [0.2, 0.25) is 0 Å². The van der Waals surface area contributed by atoms with Crippen molar-refractivity contribution in [2.75, 3.05) is 32.1 Å². The van der Waals surface area contributed by atoms with Gasteiger partial charge in [-0.25, -0.2) is 4.98 Å². The van der Waals surface area contributed by atoms with Gasteiger partial charge in [-0.15, -0.1) is 0 Å². The van der Waals surface area contributed by atoms with Gasteiger partial charge in [-0.1, -0.05) is 27.3 Å². The van der Waals surface area contributed by atoms with Crippen molar-refractivity contribution in [1.82, 2.24) is 19.7 Å². The number of amides is 1. The zero-order valence-electron chi connectivity index (χ0n) is 16.9. The highest BCUT2D eigenvalue weighted by Gasteiger charge is 2.24. The van der Waals surface area contributed by atoms with Gasteiger partial charge in [0, 0.05) is 22.8 Å². The number of rotatable bonds is 7. The van der Waals surface area contributed by atoms with Gasteiger partial charge in [-0.2, -0.15) is 5.10 Å². The van der Waals surface area contributed by atoms with E-state index in [0.29, 0.717) is 17.4 Å². The molecule has 0 spiro atoms. The van der Waals surface area contributed by atoms with Crippen LogP contribution in [0.15, 0.2) is 28.7 Å². The average molecular weight is 464 g/mol. The molecule has 28 heavy (non-hydrogen) atoms. The molecule has 1 aromatic carbocycles. The second-order valence-electron chi connectivity index (χ2n) is 7.43. The lowest BCUT2D eigenvalue weighted by molar-refractivity contribution is 0.0980. The van der Waals surface area contributed by atoms with Crippen molar-refractivity contribution in [2.45, 2.75) is 33.2 Å². The van der Waals surface area contributed by atoms with Gasteiger partial charge in [-0.3, -0.25) is 14.4 Å². The molecule has 0 radical (unpaired) electrons. The highest BCUT2D eigenvalue weighted by atomic mass is 79.9. The van der Waals surface area contributed by atoms with E-state index in [1.54, 1.807) is 4.90 Å². The number of aromatic nitrogens is 3. The van der Waals surface area contributed by atoms with E-state index in [0.717, 1.165) is 33.3 Å². The van der Waals surface area contributed by atoms with Gasteiger partial charge in [0.05, 0.1) is 10.2 Å². The Morgan fingerprint density at radius 2 is 2.00 bits per heavy atom. The van der Waals surface area contributed by atoms with E-state index in [1.165, 1.54) is 11.3 Å². The minimum absolute atomic E-state index is 0.0978. The minimum Gasteiger partial charge on any atom is -0.309 e. The maximum Gasteiger partial charge on any atom is 0.280 e. The number of carbonyl (C=O) groups excluding carboxylic acids is 1. The van der Waals surface area contributed by atoms with E-state index in [4.69, 9.17) is 4.98 Å². The molecule has 2 heterocycles. The number of benzene rings is 1. The summed E-state index contributed by atoms with van der Waals surface area (Å²) in [5.74, 6) is -0.0978. The van der Waals surface area contributed by atoms with Crippen LogP contribution in [0.5, 0.6) is 0 Å². The lowest BCUT2D eigenvalue weighted by atomic mass is 10.3. The Kier molecular flexibility index (Phi) is 6.52. The van der Waals surface area contributed by atoms with Crippen molar-refractivity contribution in [3.05, 3.63) is 40.1 Å². The Morgan fingerprint density at radius 3 is 2.64 bits per heavy atom. The normalized spacial score (nSPS) is 11.7. The first kappa shape index (κ1) is 21.0. The first-order valence-electron chi connectivity index (χ1n) is 9.35. The first-order valence-corrected chi connectivity index (χ1v) is 11.0. The smallest absolute Gasteiger partial charge is 0.280 e. The van der Waals surface area contributed by atoms with E-state index in [9.17, 15) is 4.79 Å². The number of hydrogen-bond donors (Lipinski definition) is 0. The Hall–Kier alpha value is -1.77. The van der Waals surface area contributed by atoms with Gasteiger partial charge in [0.25, 0.3) is 5.91 Å². The van der Waals surface area contributed by atoms with Crippen molar-refractivity contribution in [1.29, 1.82) is 0 Å². The largest absolute Gasteiger partial charge is 0.309 e. The maximum absolute atomic E-state index is 13.3. The lowest BCUT2D eigenvalue weighted by Crippen LogP contribution is -2.33. The van der Waals surface area contributed by atoms with Gasteiger partial charge in [0.1, 0.15) is 0 Å². The lowest BCUT2D eigenvalue weighted by Gasteiger charge is -2.20. The zero-order valence-corrected chi connectivity index (χ0v) is 19.3. The van der Waals surface area contributed by atoms with Crippen LogP contribution in [0, 0.1) is 6.92 Å². The molecule has 0 aliphatic carbocycles. The van der Waals surface area contributed by atoms with Gasteiger partial charge in [-0.05, 0) is 72.1 Å². The SMILES string of the molecule is Cc1cc(C(=O)N(CCCN(C)C)c2nc3ccc(Br)cc3s2)nn1C(C)C. The molecular formula is C20H26BrN5OS. The predicted octanol–water partition coefficient (Wildman–Crippen LogP) is 4.74. The Labute approximate surface area is 178 Å². The van der Waals surface area contributed by atoms with Crippen LogP contribution in [-0.2, 0) is 0 Å². The molecule has 3 aromatic rings. The van der Waals surface area contributed by atoms with E-state index in [1.807, 2.05) is 50.0 Å². The van der Waals surface area contributed by atoms with Crippen molar-refractivity contribution >= 4 is 48.5 Å². The maximum atomic E-state index is 13.3. The van der Waals surface area contributed by atoms with Gasteiger partial charge < -0.3 is 4.90 Å². The van der Waals surface area contributed by atoms with Crippen LogP contribution in [0.3, 0.4) is 0 Å². The third-order valence-corrected chi connectivity index (χ3v) is 5.97. The number of halogens is 1. The van der Waals surface area contributed by atoms with E-state index < -0.39 is 0 Å².